The van der Waals surface area contributed by atoms with Crippen molar-refractivity contribution in [2.75, 3.05) is 0 Å². The van der Waals surface area contributed by atoms with Crippen molar-refractivity contribution >= 4 is 0 Å². The van der Waals surface area contributed by atoms with Gasteiger partial charge in [-0.3, -0.25) is 0 Å². The molecule has 2 heteroatoms. The van der Waals surface area contributed by atoms with Crippen molar-refractivity contribution in [1.82, 2.24) is 4.90 Å². The van der Waals surface area contributed by atoms with E-state index in [1.165, 1.54) is 5.56 Å². The fourth-order valence-corrected chi connectivity index (χ4v) is 3.06. The van der Waals surface area contributed by atoms with E-state index < -0.39 is 0 Å². The minimum absolute atomic E-state index is 0.00593. The lowest BCUT2D eigenvalue weighted by molar-refractivity contribution is 0.0470. The number of benzene rings is 2. The molecule has 0 amide bonds. The highest BCUT2D eigenvalue weighted by molar-refractivity contribution is 5.26. The van der Waals surface area contributed by atoms with Crippen molar-refractivity contribution in [2.24, 2.45) is 0 Å². The van der Waals surface area contributed by atoms with E-state index in [2.05, 4.69) is 60.5 Å². The molecule has 1 N–H and O–H groups in total. The Morgan fingerprint density at radius 1 is 1.00 bits per heavy atom. The van der Waals surface area contributed by atoms with Crippen LogP contribution in [0.5, 0.6) is 0 Å². The zero-order chi connectivity index (χ0) is 14.7. The highest BCUT2D eigenvalue weighted by Crippen LogP contribution is 2.36. The molecule has 0 bridgehead atoms. The van der Waals surface area contributed by atoms with Crippen LogP contribution >= 0.6 is 0 Å². The van der Waals surface area contributed by atoms with Crippen molar-refractivity contribution in [3.63, 3.8) is 0 Å². The zero-order valence-corrected chi connectivity index (χ0v) is 12.3. The molecule has 0 aliphatic carbocycles. The lowest BCUT2D eigenvalue weighted by Crippen LogP contribution is -2.37. The predicted molar refractivity (Wildman–Crippen MR) is 85.6 cm³/mol. The van der Waals surface area contributed by atoms with Crippen LogP contribution < -0.4 is 0 Å². The van der Waals surface area contributed by atoms with Gasteiger partial charge in [0.05, 0.1) is 18.2 Å². The molecular weight excluding hydrogens is 258 g/mol. The quantitative estimate of drug-likeness (QED) is 0.915. The number of hydrogen-bond donors (Lipinski definition) is 1. The summed E-state index contributed by atoms with van der Waals surface area (Å²) in [5, 5.41) is 10.5. The molecular formula is C19H21NO. The fourth-order valence-electron chi connectivity index (χ4n) is 3.06. The Kier molecular flexibility index (Phi) is 4.07. The summed E-state index contributed by atoms with van der Waals surface area (Å²) in [7, 11) is 0. The number of rotatable bonds is 3. The molecule has 0 aromatic heterocycles. The molecule has 3 unspecified atom stereocenters. The van der Waals surface area contributed by atoms with Crippen LogP contribution in [0.15, 0.2) is 72.9 Å². The maximum atomic E-state index is 10.5. The summed E-state index contributed by atoms with van der Waals surface area (Å²) in [4.78, 5) is 2.26. The van der Waals surface area contributed by atoms with Crippen LogP contribution in [0.2, 0.25) is 0 Å². The molecule has 2 aromatic rings. The zero-order valence-electron chi connectivity index (χ0n) is 12.3. The van der Waals surface area contributed by atoms with Gasteiger partial charge >= 0.3 is 0 Å². The van der Waals surface area contributed by atoms with E-state index in [0.717, 1.165) is 5.56 Å². The van der Waals surface area contributed by atoms with Gasteiger partial charge in [0.25, 0.3) is 0 Å². The van der Waals surface area contributed by atoms with Crippen molar-refractivity contribution < 1.29 is 5.11 Å². The van der Waals surface area contributed by atoms with Gasteiger partial charge in [0.1, 0.15) is 0 Å². The predicted octanol–water partition coefficient (Wildman–Crippen LogP) is 4.07. The van der Waals surface area contributed by atoms with Crippen molar-refractivity contribution in [2.45, 2.75) is 31.5 Å². The van der Waals surface area contributed by atoms with E-state index in [-0.39, 0.29) is 18.2 Å². The van der Waals surface area contributed by atoms with Crippen LogP contribution in [0.3, 0.4) is 0 Å². The molecule has 1 aliphatic rings. The average molecular weight is 279 g/mol. The lowest BCUT2D eigenvalue weighted by atomic mass is 9.92. The van der Waals surface area contributed by atoms with Crippen LogP contribution in [0.25, 0.3) is 0 Å². The largest absolute Gasteiger partial charge is 0.390 e. The second kappa shape index (κ2) is 6.15. The van der Waals surface area contributed by atoms with Crippen LogP contribution in [0, 0.1) is 0 Å². The van der Waals surface area contributed by atoms with Crippen molar-refractivity contribution in [3.05, 3.63) is 84.1 Å². The number of nitrogens with zero attached hydrogens (tertiary/aromatic N) is 1. The summed E-state index contributed by atoms with van der Waals surface area (Å²) >= 11 is 0. The highest BCUT2D eigenvalue weighted by atomic mass is 16.3. The maximum absolute atomic E-state index is 10.5. The van der Waals surface area contributed by atoms with Gasteiger partial charge in [0.2, 0.25) is 0 Å². The van der Waals surface area contributed by atoms with E-state index in [1.54, 1.807) is 0 Å². The summed E-state index contributed by atoms with van der Waals surface area (Å²) in [6.45, 7) is 2.19. The molecule has 0 saturated heterocycles. The average Bonchev–Trinajstić information content (AvgIpc) is 2.55. The molecule has 2 aromatic carbocycles. The molecule has 3 rings (SSSR count). The third-order valence-corrected chi connectivity index (χ3v) is 4.21. The number of aliphatic hydroxyl groups is 1. The summed E-state index contributed by atoms with van der Waals surface area (Å²) in [5.74, 6) is 0. The summed E-state index contributed by atoms with van der Waals surface area (Å²) in [6, 6.07) is 20.9. The maximum Gasteiger partial charge on any atom is 0.0820 e. The summed E-state index contributed by atoms with van der Waals surface area (Å²) < 4.78 is 0. The normalized spacial score (nSPS) is 23.0. The first kappa shape index (κ1) is 13.9. The Balaban J connectivity index is 1.95. The van der Waals surface area contributed by atoms with E-state index in [4.69, 9.17) is 0 Å². The Bertz CT molecular complexity index is 593. The molecule has 1 heterocycles. The molecule has 108 valence electrons. The van der Waals surface area contributed by atoms with E-state index >= 15 is 0 Å². The van der Waals surface area contributed by atoms with E-state index in [0.29, 0.717) is 6.42 Å². The molecule has 0 radical (unpaired) electrons. The Morgan fingerprint density at radius 3 is 2.29 bits per heavy atom. The Morgan fingerprint density at radius 2 is 1.62 bits per heavy atom. The first-order valence-corrected chi connectivity index (χ1v) is 7.49. The molecule has 0 spiro atoms. The van der Waals surface area contributed by atoms with E-state index in [1.807, 2.05) is 24.3 Å². The van der Waals surface area contributed by atoms with Gasteiger partial charge in [0, 0.05) is 0 Å². The smallest absolute Gasteiger partial charge is 0.0820 e. The fraction of sp³-hybridized carbons (Fsp3) is 0.263. The number of hydrogen-bond acceptors (Lipinski definition) is 2. The van der Waals surface area contributed by atoms with E-state index in [9.17, 15) is 5.11 Å². The first-order chi connectivity index (χ1) is 10.3. The standard InChI is InChI=1S/C19H21NO/c1-15(16-9-4-2-5-10-16)20-14-8-13-18(21)19(20)17-11-6-3-7-12-17/h2-12,14-15,18-19,21H,13H2,1H3. The highest BCUT2D eigenvalue weighted by Gasteiger charge is 2.31. The van der Waals surface area contributed by atoms with Gasteiger partial charge < -0.3 is 10.0 Å². The van der Waals surface area contributed by atoms with Crippen LogP contribution in [0.4, 0.5) is 0 Å². The van der Waals surface area contributed by atoms with Gasteiger partial charge in [-0.2, -0.15) is 0 Å². The van der Waals surface area contributed by atoms with Crippen molar-refractivity contribution in [3.8, 4) is 0 Å². The summed E-state index contributed by atoms with van der Waals surface area (Å²) in [5.41, 5.74) is 2.43. The first-order valence-electron chi connectivity index (χ1n) is 7.49. The van der Waals surface area contributed by atoms with Gasteiger partial charge in [-0.25, -0.2) is 0 Å². The molecule has 1 aliphatic heterocycles. The molecule has 0 saturated carbocycles. The Hall–Kier alpha value is -2.06. The molecule has 2 nitrogen and oxygen atoms in total. The molecule has 3 atom stereocenters. The third kappa shape index (κ3) is 2.86. The SMILES string of the molecule is CC(c1ccccc1)N1C=CCC(O)C1c1ccccc1. The second-order valence-electron chi connectivity index (χ2n) is 5.58. The molecule has 21 heavy (non-hydrogen) atoms. The van der Waals surface area contributed by atoms with Crippen molar-refractivity contribution in [1.29, 1.82) is 0 Å². The van der Waals surface area contributed by atoms with Crippen LogP contribution in [-0.4, -0.2) is 16.1 Å². The van der Waals surface area contributed by atoms with Gasteiger partial charge in [-0.15, -0.1) is 0 Å². The van der Waals surface area contributed by atoms with Crippen LogP contribution in [-0.2, 0) is 0 Å². The lowest BCUT2D eigenvalue weighted by Gasteiger charge is -2.41. The van der Waals surface area contributed by atoms with Gasteiger partial charge in [0.15, 0.2) is 0 Å². The Labute approximate surface area is 126 Å². The minimum atomic E-state index is -0.372. The van der Waals surface area contributed by atoms with Gasteiger partial charge in [-0.05, 0) is 30.7 Å². The topological polar surface area (TPSA) is 23.5 Å². The second-order valence-corrected chi connectivity index (χ2v) is 5.58. The van der Waals surface area contributed by atoms with Crippen LogP contribution in [0.1, 0.15) is 36.6 Å². The number of aliphatic hydroxyl groups excluding tert-OH is 1. The van der Waals surface area contributed by atoms with Gasteiger partial charge in [-0.1, -0.05) is 66.7 Å². The monoisotopic (exact) mass is 279 g/mol. The summed E-state index contributed by atoms with van der Waals surface area (Å²) in [6.07, 6.45) is 4.52. The minimum Gasteiger partial charge on any atom is -0.390 e. The third-order valence-electron chi connectivity index (χ3n) is 4.21. The molecule has 0 fully saturated rings.